The van der Waals surface area contributed by atoms with Gasteiger partial charge in [-0.15, -0.1) is 6.58 Å². The summed E-state index contributed by atoms with van der Waals surface area (Å²) in [4.78, 5) is 6.86. The van der Waals surface area contributed by atoms with E-state index < -0.39 is 0 Å². The van der Waals surface area contributed by atoms with Crippen LogP contribution >= 0.6 is 0 Å². The average Bonchev–Trinajstić information content (AvgIpc) is 3.51. The van der Waals surface area contributed by atoms with Crippen LogP contribution in [0.2, 0.25) is 0 Å². The third-order valence-corrected chi connectivity index (χ3v) is 5.58. The molecule has 7 nitrogen and oxygen atoms in total. The second-order valence-electron chi connectivity index (χ2n) is 7.56. The first-order valence-electron chi connectivity index (χ1n) is 10.8. The number of likely N-dealkylation sites (tertiary alicyclic amines) is 1. The van der Waals surface area contributed by atoms with Gasteiger partial charge >= 0.3 is 0 Å². The third kappa shape index (κ3) is 5.82. The number of nitrogens with zero attached hydrogens (tertiary/aromatic N) is 2. The number of allylic oxidation sites excluding steroid dienone is 1. The Hall–Kier alpha value is -2.93. The Morgan fingerprint density at radius 3 is 2.68 bits per heavy atom. The van der Waals surface area contributed by atoms with Crippen LogP contribution in [0.4, 0.5) is 0 Å². The van der Waals surface area contributed by atoms with Gasteiger partial charge < -0.3 is 24.5 Å². The molecule has 168 valence electrons. The van der Waals surface area contributed by atoms with E-state index in [1.807, 2.05) is 24.3 Å². The van der Waals surface area contributed by atoms with Crippen LogP contribution in [0.5, 0.6) is 11.5 Å². The zero-order valence-electron chi connectivity index (χ0n) is 18.8. The molecule has 0 aliphatic carbocycles. The summed E-state index contributed by atoms with van der Waals surface area (Å²) in [5, 5.41) is 6.86. The van der Waals surface area contributed by atoms with Crippen molar-refractivity contribution >= 4 is 5.96 Å². The molecule has 2 aromatic rings. The molecule has 31 heavy (non-hydrogen) atoms. The van der Waals surface area contributed by atoms with E-state index in [0.717, 1.165) is 48.2 Å². The normalized spacial score (nSPS) is 15.5. The van der Waals surface area contributed by atoms with Crippen molar-refractivity contribution in [1.82, 2.24) is 15.5 Å². The Morgan fingerprint density at radius 1 is 1.26 bits per heavy atom. The van der Waals surface area contributed by atoms with Crippen molar-refractivity contribution in [2.45, 2.75) is 31.8 Å². The molecule has 2 heterocycles. The quantitative estimate of drug-likeness (QED) is 0.344. The van der Waals surface area contributed by atoms with Crippen molar-refractivity contribution in [2.75, 3.05) is 40.9 Å². The molecule has 0 bridgehead atoms. The van der Waals surface area contributed by atoms with Crippen LogP contribution in [0.25, 0.3) is 0 Å². The zero-order valence-corrected chi connectivity index (χ0v) is 18.8. The molecule has 1 aliphatic heterocycles. The molecule has 0 amide bonds. The van der Waals surface area contributed by atoms with Gasteiger partial charge in [0.2, 0.25) is 0 Å². The van der Waals surface area contributed by atoms with Crippen LogP contribution in [-0.4, -0.2) is 51.8 Å². The van der Waals surface area contributed by atoms with Crippen molar-refractivity contribution in [3.8, 4) is 11.5 Å². The molecule has 1 aromatic carbocycles. The number of hydrogen-bond donors (Lipinski definition) is 2. The van der Waals surface area contributed by atoms with E-state index >= 15 is 0 Å². The minimum atomic E-state index is 0.191. The number of guanidine groups is 1. The smallest absolute Gasteiger partial charge is 0.191 e. The van der Waals surface area contributed by atoms with E-state index in [4.69, 9.17) is 13.9 Å². The first-order chi connectivity index (χ1) is 15.2. The topological polar surface area (TPSA) is 71.3 Å². The summed E-state index contributed by atoms with van der Waals surface area (Å²) in [6, 6.07) is 8.28. The molecule has 0 saturated carbocycles. The predicted molar refractivity (Wildman–Crippen MR) is 124 cm³/mol. The van der Waals surface area contributed by atoms with Gasteiger partial charge in [0.1, 0.15) is 5.76 Å². The van der Waals surface area contributed by atoms with Crippen LogP contribution in [-0.2, 0) is 13.0 Å². The summed E-state index contributed by atoms with van der Waals surface area (Å²) in [6.07, 6.45) is 6.78. The van der Waals surface area contributed by atoms with E-state index in [2.05, 4.69) is 33.2 Å². The summed E-state index contributed by atoms with van der Waals surface area (Å²) in [5.41, 5.74) is 2.13. The lowest BCUT2D eigenvalue weighted by Crippen LogP contribution is -2.42. The highest BCUT2D eigenvalue weighted by Gasteiger charge is 2.25. The molecule has 2 N–H and O–H groups in total. The van der Waals surface area contributed by atoms with E-state index in [-0.39, 0.29) is 6.04 Å². The fourth-order valence-electron chi connectivity index (χ4n) is 4.06. The van der Waals surface area contributed by atoms with Crippen molar-refractivity contribution in [2.24, 2.45) is 4.99 Å². The van der Waals surface area contributed by atoms with Crippen molar-refractivity contribution in [3.63, 3.8) is 0 Å². The molecule has 1 atom stereocenters. The summed E-state index contributed by atoms with van der Waals surface area (Å²) in [5.74, 6) is 3.20. The number of furan rings is 1. The number of benzene rings is 1. The van der Waals surface area contributed by atoms with Gasteiger partial charge in [-0.25, -0.2) is 0 Å². The fourth-order valence-corrected chi connectivity index (χ4v) is 4.06. The number of nitrogens with one attached hydrogen (secondary N) is 2. The second kappa shape index (κ2) is 11.5. The van der Waals surface area contributed by atoms with E-state index in [0.29, 0.717) is 18.7 Å². The Balaban J connectivity index is 1.65. The van der Waals surface area contributed by atoms with Gasteiger partial charge in [-0.2, -0.15) is 0 Å². The third-order valence-electron chi connectivity index (χ3n) is 5.58. The van der Waals surface area contributed by atoms with Crippen molar-refractivity contribution < 1.29 is 13.9 Å². The van der Waals surface area contributed by atoms with Gasteiger partial charge in [0.05, 0.1) is 26.5 Å². The van der Waals surface area contributed by atoms with Crippen LogP contribution in [0.3, 0.4) is 0 Å². The molecule has 7 heteroatoms. The van der Waals surface area contributed by atoms with Gasteiger partial charge in [0.15, 0.2) is 17.5 Å². The molecular weight excluding hydrogens is 392 g/mol. The van der Waals surface area contributed by atoms with E-state index in [1.165, 1.54) is 12.8 Å². The number of ether oxygens (including phenoxy) is 2. The van der Waals surface area contributed by atoms with E-state index in [1.54, 1.807) is 27.5 Å². The Morgan fingerprint density at radius 2 is 2.06 bits per heavy atom. The maximum Gasteiger partial charge on any atom is 0.191 e. The first kappa shape index (κ1) is 22.7. The molecule has 1 fully saturated rings. The highest BCUT2D eigenvalue weighted by molar-refractivity contribution is 5.79. The Kier molecular flexibility index (Phi) is 8.41. The minimum absolute atomic E-state index is 0.191. The molecule has 3 rings (SSSR count). The molecule has 0 radical (unpaired) electrons. The standard InChI is InChI=1S/C24H34N4O3/c1-5-9-19-14-18(15-22(29-3)23(19)30-4)16-26-24(25-2)27-17-20(21-10-8-13-31-21)28-11-6-7-12-28/h5,8,10,13-15,20H,1,6-7,9,11-12,16-17H2,2-4H3,(H2,25,26,27). The summed E-state index contributed by atoms with van der Waals surface area (Å²) in [6.45, 7) is 7.37. The van der Waals surface area contributed by atoms with Gasteiger partial charge in [-0.05, 0) is 62.2 Å². The fraction of sp³-hybridized carbons (Fsp3) is 0.458. The Labute approximate surface area is 185 Å². The second-order valence-corrected chi connectivity index (χ2v) is 7.56. The first-order valence-corrected chi connectivity index (χ1v) is 10.8. The highest BCUT2D eigenvalue weighted by Crippen LogP contribution is 2.33. The van der Waals surface area contributed by atoms with Gasteiger partial charge in [-0.1, -0.05) is 6.08 Å². The molecule has 1 saturated heterocycles. The maximum atomic E-state index is 5.71. The Bertz CT molecular complexity index is 858. The SMILES string of the molecule is C=CCc1cc(CNC(=NC)NCC(c2ccco2)N2CCCC2)cc(OC)c1OC. The lowest BCUT2D eigenvalue weighted by atomic mass is 10.1. The number of methoxy groups -OCH3 is 2. The molecular formula is C24H34N4O3. The van der Waals surface area contributed by atoms with Crippen molar-refractivity contribution in [1.29, 1.82) is 0 Å². The van der Waals surface area contributed by atoms with Crippen molar-refractivity contribution in [3.05, 3.63) is 60.1 Å². The average molecular weight is 427 g/mol. The van der Waals surface area contributed by atoms with E-state index in [9.17, 15) is 0 Å². The molecule has 1 aliphatic rings. The van der Waals surface area contributed by atoms with Crippen LogP contribution in [0.15, 0.2) is 52.6 Å². The van der Waals surface area contributed by atoms with Crippen LogP contribution in [0, 0.1) is 0 Å². The lowest BCUT2D eigenvalue weighted by molar-refractivity contribution is 0.215. The van der Waals surface area contributed by atoms with Gasteiger partial charge in [0, 0.05) is 25.7 Å². The van der Waals surface area contributed by atoms with Gasteiger partial charge in [0.25, 0.3) is 0 Å². The number of aliphatic imine (C=N–C) groups is 1. The number of rotatable bonds is 10. The lowest BCUT2D eigenvalue weighted by Gasteiger charge is -2.26. The monoisotopic (exact) mass is 426 g/mol. The summed E-state index contributed by atoms with van der Waals surface area (Å²) >= 11 is 0. The highest BCUT2D eigenvalue weighted by atomic mass is 16.5. The zero-order chi connectivity index (χ0) is 22.1. The molecule has 1 unspecified atom stereocenters. The summed E-state index contributed by atoms with van der Waals surface area (Å²) < 4.78 is 16.8. The molecule has 0 spiro atoms. The predicted octanol–water partition coefficient (Wildman–Crippen LogP) is 3.53. The van der Waals surface area contributed by atoms with Gasteiger partial charge in [-0.3, -0.25) is 9.89 Å². The maximum absolute atomic E-state index is 5.71. The largest absolute Gasteiger partial charge is 0.493 e. The van der Waals surface area contributed by atoms with Crippen LogP contribution in [0.1, 0.15) is 35.8 Å². The van der Waals surface area contributed by atoms with Crippen LogP contribution < -0.4 is 20.1 Å². The number of hydrogen-bond acceptors (Lipinski definition) is 5. The minimum Gasteiger partial charge on any atom is -0.493 e. The summed E-state index contributed by atoms with van der Waals surface area (Å²) in [7, 11) is 5.09. The molecule has 1 aromatic heterocycles.